The molecule has 0 radical (unpaired) electrons. The maximum Gasteiger partial charge on any atom is 0.555 e. The molecule has 0 aliphatic carbocycles. The SMILES string of the molecule is C[C@H]1OB(NCCc2ccccc2)O[C@H]1c1cnc(N)c(C#N)n1. The summed E-state index contributed by atoms with van der Waals surface area (Å²) in [7, 11) is -0.515. The van der Waals surface area contributed by atoms with Gasteiger partial charge in [-0.05, 0) is 25.5 Å². The predicted octanol–water partition coefficient (Wildman–Crippen LogP) is 1.22. The van der Waals surface area contributed by atoms with Gasteiger partial charge in [-0.2, -0.15) is 5.26 Å². The van der Waals surface area contributed by atoms with Crippen molar-refractivity contribution in [3.63, 3.8) is 0 Å². The molecule has 1 aromatic heterocycles. The summed E-state index contributed by atoms with van der Waals surface area (Å²) in [4.78, 5) is 8.20. The molecule has 1 aliphatic heterocycles. The molecule has 0 unspecified atom stereocenters. The van der Waals surface area contributed by atoms with Crippen molar-refractivity contribution >= 4 is 13.1 Å². The lowest BCUT2D eigenvalue weighted by Crippen LogP contribution is -2.37. The van der Waals surface area contributed by atoms with E-state index in [1.54, 1.807) is 0 Å². The first-order chi connectivity index (χ1) is 11.7. The van der Waals surface area contributed by atoms with E-state index >= 15 is 0 Å². The van der Waals surface area contributed by atoms with Crippen molar-refractivity contribution in [2.75, 3.05) is 12.3 Å². The molecule has 1 fully saturated rings. The Kier molecular flexibility index (Phi) is 5.06. The van der Waals surface area contributed by atoms with E-state index in [4.69, 9.17) is 20.3 Å². The van der Waals surface area contributed by atoms with Crippen LogP contribution in [0.15, 0.2) is 36.5 Å². The zero-order valence-corrected chi connectivity index (χ0v) is 13.3. The van der Waals surface area contributed by atoms with Crippen LogP contribution in [-0.4, -0.2) is 29.9 Å². The topological polar surface area (TPSA) is 106 Å². The van der Waals surface area contributed by atoms with Crippen molar-refractivity contribution in [2.45, 2.75) is 25.6 Å². The second-order valence-electron chi connectivity index (χ2n) is 5.56. The van der Waals surface area contributed by atoms with Gasteiger partial charge in [0.1, 0.15) is 12.2 Å². The zero-order valence-electron chi connectivity index (χ0n) is 13.3. The van der Waals surface area contributed by atoms with Crippen molar-refractivity contribution in [2.24, 2.45) is 0 Å². The highest BCUT2D eigenvalue weighted by atomic mass is 16.7. The highest BCUT2D eigenvalue weighted by molar-refractivity contribution is 6.42. The third-order valence-corrected chi connectivity index (χ3v) is 3.82. The second-order valence-corrected chi connectivity index (χ2v) is 5.56. The third-order valence-electron chi connectivity index (χ3n) is 3.82. The van der Waals surface area contributed by atoms with E-state index in [0.29, 0.717) is 5.69 Å². The third kappa shape index (κ3) is 3.71. The standard InChI is InChI=1S/C16H18BN5O2/c1-11-15(14-10-20-16(19)13(9-18)22-14)24-17(23-11)21-8-7-12-5-3-2-4-6-12/h2-6,10-11,15,21H,7-8H2,1H3,(H2,19,20)/t11-,15-/m1/s1. The number of aromatic nitrogens is 2. The van der Waals surface area contributed by atoms with Crippen LogP contribution in [0.25, 0.3) is 0 Å². The van der Waals surface area contributed by atoms with Gasteiger partial charge >= 0.3 is 7.25 Å². The van der Waals surface area contributed by atoms with Gasteiger partial charge in [-0.25, -0.2) is 9.97 Å². The molecular formula is C16H18BN5O2. The van der Waals surface area contributed by atoms with Gasteiger partial charge < -0.3 is 20.3 Å². The van der Waals surface area contributed by atoms with Crippen LogP contribution in [0.4, 0.5) is 5.82 Å². The summed E-state index contributed by atoms with van der Waals surface area (Å²) in [6.45, 7) is 2.62. The van der Waals surface area contributed by atoms with Crippen LogP contribution in [0.1, 0.15) is 30.0 Å². The van der Waals surface area contributed by atoms with E-state index in [-0.39, 0.29) is 23.7 Å². The molecule has 0 bridgehead atoms. The molecule has 0 spiro atoms. The molecule has 1 saturated heterocycles. The van der Waals surface area contributed by atoms with Crippen molar-refractivity contribution in [3.8, 4) is 6.07 Å². The molecule has 3 N–H and O–H groups in total. The van der Waals surface area contributed by atoms with Gasteiger partial charge in [0.2, 0.25) is 0 Å². The van der Waals surface area contributed by atoms with Gasteiger partial charge in [-0.15, -0.1) is 0 Å². The number of benzene rings is 1. The summed E-state index contributed by atoms with van der Waals surface area (Å²) in [5.41, 5.74) is 7.49. The van der Waals surface area contributed by atoms with Crippen LogP contribution in [0.5, 0.6) is 0 Å². The van der Waals surface area contributed by atoms with Gasteiger partial charge in [0.15, 0.2) is 11.5 Å². The minimum atomic E-state index is -0.515. The van der Waals surface area contributed by atoms with Crippen LogP contribution < -0.4 is 11.0 Å². The Hall–Kier alpha value is -2.47. The summed E-state index contributed by atoms with van der Waals surface area (Å²) >= 11 is 0. The van der Waals surface area contributed by atoms with Crippen LogP contribution in [0.3, 0.4) is 0 Å². The number of hydrogen-bond acceptors (Lipinski definition) is 7. The van der Waals surface area contributed by atoms with Crippen molar-refractivity contribution < 1.29 is 9.31 Å². The number of nitrogen functional groups attached to an aromatic ring is 1. The number of nitriles is 1. The molecular weight excluding hydrogens is 305 g/mol. The number of anilines is 1. The molecule has 0 saturated carbocycles. The zero-order chi connectivity index (χ0) is 16.9. The first kappa shape index (κ1) is 16.4. The van der Waals surface area contributed by atoms with E-state index < -0.39 is 7.25 Å². The fourth-order valence-electron chi connectivity index (χ4n) is 2.56. The largest absolute Gasteiger partial charge is 0.555 e. The van der Waals surface area contributed by atoms with E-state index in [1.165, 1.54) is 11.8 Å². The minimum absolute atomic E-state index is 0.101. The Morgan fingerprint density at radius 1 is 1.33 bits per heavy atom. The number of rotatable bonds is 5. The first-order valence-electron chi connectivity index (χ1n) is 7.78. The molecule has 2 heterocycles. The molecule has 1 aromatic carbocycles. The Morgan fingerprint density at radius 3 is 2.88 bits per heavy atom. The fraction of sp³-hybridized carbons (Fsp3) is 0.312. The molecule has 2 atom stereocenters. The molecule has 3 rings (SSSR count). The van der Waals surface area contributed by atoms with Gasteiger partial charge in [-0.3, -0.25) is 0 Å². The summed E-state index contributed by atoms with van der Waals surface area (Å²) in [6, 6.07) is 12.1. The quantitative estimate of drug-likeness (QED) is 0.797. The van der Waals surface area contributed by atoms with E-state index in [2.05, 4.69) is 27.3 Å². The number of hydrogen-bond donors (Lipinski definition) is 2. The maximum absolute atomic E-state index is 9.01. The van der Waals surface area contributed by atoms with Crippen LogP contribution in [-0.2, 0) is 15.7 Å². The second kappa shape index (κ2) is 7.40. The van der Waals surface area contributed by atoms with Gasteiger partial charge in [-0.1, -0.05) is 30.3 Å². The number of nitrogens with one attached hydrogen (secondary N) is 1. The Bertz CT molecular complexity index is 737. The summed E-state index contributed by atoms with van der Waals surface area (Å²) < 4.78 is 11.6. The molecule has 1 aliphatic rings. The smallest absolute Gasteiger partial charge is 0.392 e. The number of nitrogens with two attached hydrogens (primary N) is 1. The molecule has 7 nitrogen and oxygen atoms in total. The van der Waals surface area contributed by atoms with Crippen molar-refractivity contribution in [1.82, 2.24) is 15.2 Å². The Balaban J connectivity index is 1.57. The maximum atomic E-state index is 9.01. The lowest BCUT2D eigenvalue weighted by Gasteiger charge is -2.13. The average molecular weight is 323 g/mol. The van der Waals surface area contributed by atoms with Crippen molar-refractivity contribution in [1.29, 1.82) is 5.26 Å². The van der Waals surface area contributed by atoms with E-state index in [9.17, 15) is 0 Å². The molecule has 8 heteroatoms. The summed E-state index contributed by atoms with van der Waals surface area (Å²) in [5, 5.41) is 12.2. The fourth-order valence-corrected chi connectivity index (χ4v) is 2.56. The van der Waals surface area contributed by atoms with E-state index in [0.717, 1.165) is 13.0 Å². The lowest BCUT2D eigenvalue weighted by molar-refractivity contribution is 0.168. The highest BCUT2D eigenvalue weighted by Gasteiger charge is 2.39. The monoisotopic (exact) mass is 323 g/mol. The first-order valence-corrected chi connectivity index (χ1v) is 7.78. The Labute approximate surface area is 141 Å². The van der Waals surface area contributed by atoms with Gasteiger partial charge in [0.25, 0.3) is 0 Å². The van der Waals surface area contributed by atoms with Crippen LogP contribution >= 0.6 is 0 Å². The minimum Gasteiger partial charge on any atom is -0.392 e. The predicted molar refractivity (Wildman–Crippen MR) is 89.4 cm³/mol. The lowest BCUT2D eigenvalue weighted by atomic mass is 10.1. The van der Waals surface area contributed by atoms with Gasteiger partial charge in [0.05, 0.1) is 18.0 Å². The average Bonchev–Trinajstić information content (AvgIpc) is 2.97. The van der Waals surface area contributed by atoms with E-state index in [1.807, 2.05) is 31.2 Å². The molecule has 0 amide bonds. The number of nitrogens with zero attached hydrogens (tertiary/aromatic N) is 3. The van der Waals surface area contributed by atoms with Crippen LogP contribution in [0.2, 0.25) is 0 Å². The molecule has 24 heavy (non-hydrogen) atoms. The van der Waals surface area contributed by atoms with Crippen LogP contribution in [0, 0.1) is 11.3 Å². The van der Waals surface area contributed by atoms with Gasteiger partial charge in [0, 0.05) is 0 Å². The summed E-state index contributed by atoms with van der Waals surface area (Å²) in [6.07, 6.45) is 1.80. The normalized spacial score (nSPS) is 20.1. The molecule has 2 aromatic rings. The van der Waals surface area contributed by atoms with Crippen molar-refractivity contribution in [3.05, 3.63) is 53.5 Å². The highest BCUT2D eigenvalue weighted by Crippen LogP contribution is 2.28. The Morgan fingerprint density at radius 2 is 2.12 bits per heavy atom. The molecule has 122 valence electrons. The summed E-state index contributed by atoms with van der Waals surface area (Å²) in [5.74, 6) is 0.116.